The molecule has 1 aliphatic carbocycles. The summed E-state index contributed by atoms with van der Waals surface area (Å²) >= 11 is 1.48. The molecule has 0 saturated carbocycles. The lowest BCUT2D eigenvalue weighted by molar-refractivity contribution is -0.128. The second kappa shape index (κ2) is 6.26. The second-order valence-corrected chi connectivity index (χ2v) is 6.99. The Labute approximate surface area is 147 Å². The first kappa shape index (κ1) is 15.7. The van der Waals surface area contributed by atoms with Gasteiger partial charge < -0.3 is 4.74 Å². The molecular weight excluding hydrogens is 339 g/mol. The predicted molar refractivity (Wildman–Crippen MR) is 93.2 cm³/mol. The molecule has 25 heavy (non-hydrogen) atoms. The van der Waals surface area contributed by atoms with Crippen molar-refractivity contribution < 1.29 is 13.9 Å². The number of fused-ring (bicyclic) bond motifs is 1. The van der Waals surface area contributed by atoms with Crippen LogP contribution in [0.15, 0.2) is 35.3 Å². The number of thiophene rings is 1. The molecule has 1 aliphatic heterocycles. The molecule has 0 radical (unpaired) electrons. The predicted octanol–water partition coefficient (Wildman–Crippen LogP) is 4.31. The molecule has 0 fully saturated rings. The van der Waals surface area contributed by atoms with Crippen molar-refractivity contribution in [1.82, 2.24) is 0 Å². The standard InChI is InChI=1S/C19H13FN2O2S/c20-12-7-5-11(6-8-12)16-9-15(19(23)24-16)22-18-14(10-21)13-3-1-2-4-17(13)25-18/h5-9H,1-4H2. The van der Waals surface area contributed by atoms with E-state index in [0.29, 0.717) is 21.9 Å². The number of halogens is 1. The molecular formula is C19H13FN2O2S. The Morgan fingerprint density at radius 3 is 2.72 bits per heavy atom. The van der Waals surface area contributed by atoms with Crippen molar-refractivity contribution in [1.29, 1.82) is 5.26 Å². The lowest BCUT2D eigenvalue weighted by atomic mass is 9.96. The number of aryl methyl sites for hydroxylation is 1. The van der Waals surface area contributed by atoms with Crippen molar-refractivity contribution in [3.05, 3.63) is 57.7 Å². The van der Waals surface area contributed by atoms with E-state index in [1.54, 1.807) is 12.1 Å². The fourth-order valence-electron chi connectivity index (χ4n) is 3.05. The van der Waals surface area contributed by atoms with E-state index in [9.17, 15) is 14.4 Å². The molecule has 0 unspecified atom stereocenters. The van der Waals surface area contributed by atoms with Crippen LogP contribution in [0.25, 0.3) is 5.76 Å². The minimum absolute atomic E-state index is 0.162. The van der Waals surface area contributed by atoms with E-state index in [-0.39, 0.29) is 11.5 Å². The van der Waals surface area contributed by atoms with E-state index in [1.165, 1.54) is 34.4 Å². The van der Waals surface area contributed by atoms with Gasteiger partial charge >= 0.3 is 5.97 Å². The summed E-state index contributed by atoms with van der Waals surface area (Å²) in [5.41, 5.74) is 2.41. The van der Waals surface area contributed by atoms with Gasteiger partial charge in [-0.1, -0.05) is 0 Å². The zero-order valence-electron chi connectivity index (χ0n) is 13.2. The summed E-state index contributed by atoms with van der Waals surface area (Å²) in [6.45, 7) is 0. The van der Waals surface area contributed by atoms with Gasteiger partial charge in [0.05, 0.1) is 5.56 Å². The first-order valence-electron chi connectivity index (χ1n) is 7.99. The van der Waals surface area contributed by atoms with Gasteiger partial charge in [0.2, 0.25) is 0 Å². The molecule has 0 N–H and O–H groups in total. The molecule has 0 bridgehead atoms. The highest BCUT2D eigenvalue weighted by atomic mass is 32.1. The normalized spacial score (nSPS) is 17.8. The third kappa shape index (κ3) is 2.87. The Morgan fingerprint density at radius 2 is 1.96 bits per heavy atom. The van der Waals surface area contributed by atoms with Crippen LogP contribution in [0.1, 0.15) is 34.4 Å². The lowest BCUT2D eigenvalue weighted by Crippen LogP contribution is -2.06. The monoisotopic (exact) mass is 352 g/mol. The smallest absolute Gasteiger partial charge is 0.362 e. The minimum Gasteiger partial charge on any atom is -0.421 e. The molecule has 0 saturated heterocycles. The topological polar surface area (TPSA) is 62.4 Å². The molecule has 6 heteroatoms. The summed E-state index contributed by atoms with van der Waals surface area (Å²) in [7, 11) is 0. The van der Waals surface area contributed by atoms with Gasteiger partial charge in [-0.05, 0) is 55.5 Å². The molecule has 2 aliphatic rings. The van der Waals surface area contributed by atoms with E-state index in [0.717, 1.165) is 31.2 Å². The molecule has 2 heterocycles. The van der Waals surface area contributed by atoms with Crippen LogP contribution in [0.2, 0.25) is 0 Å². The lowest BCUT2D eigenvalue weighted by Gasteiger charge is -2.09. The highest BCUT2D eigenvalue weighted by Gasteiger charge is 2.26. The first-order chi connectivity index (χ1) is 12.2. The molecule has 1 aromatic heterocycles. The number of hydrogen-bond acceptors (Lipinski definition) is 5. The number of rotatable bonds is 2. The van der Waals surface area contributed by atoms with Gasteiger partial charge in [-0.25, -0.2) is 14.2 Å². The Kier molecular flexibility index (Phi) is 3.94. The summed E-state index contributed by atoms with van der Waals surface area (Å²) in [6.07, 6.45) is 5.58. The molecule has 0 atom stereocenters. The maximum absolute atomic E-state index is 13.0. The number of ether oxygens (including phenoxy) is 1. The number of carbonyl (C=O) groups is 1. The van der Waals surface area contributed by atoms with Gasteiger partial charge in [-0.2, -0.15) is 5.26 Å². The number of hydrogen-bond donors (Lipinski definition) is 0. The zero-order valence-corrected chi connectivity index (χ0v) is 14.0. The van der Waals surface area contributed by atoms with Crippen LogP contribution in [0.5, 0.6) is 0 Å². The van der Waals surface area contributed by atoms with E-state index in [1.807, 2.05) is 0 Å². The number of nitrogens with zero attached hydrogens (tertiary/aromatic N) is 2. The Balaban J connectivity index is 1.72. The number of nitriles is 1. The van der Waals surface area contributed by atoms with Gasteiger partial charge in [-0.15, -0.1) is 11.3 Å². The summed E-state index contributed by atoms with van der Waals surface area (Å²) in [5, 5.41) is 10.0. The Hall–Kier alpha value is -2.78. The fourth-order valence-corrected chi connectivity index (χ4v) is 4.28. The SMILES string of the molecule is N#Cc1c(N=C2C=C(c3ccc(F)cc3)OC2=O)sc2c1CCCC2. The van der Waals surface area contributed by atoms with E-state index < -0.39 is 5.97 Å². The number of esters is 1. The van der Waals surface area contributed by atoms with Crippen molar-refractivity contribution in [3.63, 3.8) is 0 Å². The summed E-state index contributed by atoms with van der Waals surface area (Å²) < 4.78 is 18.3. The quantitative estimate of drug-likeness (QED) is 0.757. The van der Waals surface area contributed by atoms with Crippen molar-refractivity contribution in [2.45, 2.75) is 25.7 Å². The number of aliphatic imine (C=N–C) groups is 1. The van der Waals surface area contributed by atoms with E-state index >= 15 is 0 Å². The van der Waals surface area contributed by atoms with E-state index in [2.05, 4.69) is 11.1 Å². The van der Waals surface area contributed by atoms with Crippen LogP contribution >= 0.6 is 11.3 Å². The third-order valence-corrected chi connectivity index (χ3v) is 5.48. The van der Waals surface area contributed by atoms with Crippen LogP contribution in [0.4, 0.5) is 9.39 Å². The highest BCUT2D eigenvalue weighted by molar-refractivity contribution is 7.16. The van der Waals surface area contributed by atoms with Crippen LogP contribution < -0.4 is 0 Å². The number of benzene rings is 1. The van der Waals surface area contributed by atoms with Crippen LogP contribution in [0.3, 0.4) is 0 Å². The molecule has 1 aromatic carbocycles. The zero-order chi connectivity index (χ0) is 17.4. The van der Waals surface area contributed by atoms with Gasteiger partial charge in [0.25, 0.3) is 0 Å². The van der Waals surface area contributed by atoms with Gasteiger partial charge in [0.1, 0.15) is 22.6 Å². The third-order valence-electron chi connectivity index (χ3n) is 4.29. The average molecular weight is 352 g/mol. The summed E-state index contributed by atoms with van der Waals surface area (Å²) in [6, 6.07) is 7.93. The van der Waals surface area contributed by atoms with Crippen LogP contribution in [0, 0.1) is 17.1 Å². The van der Waals surface area contributed by atoms with Crippen molar-refractivity contribution in [3.8, 4) is 6.07 Å². The summed E-state index contributed by atoms with van der Waals surface area (Å²) in [5.74, 6) is -0.580. The maximum Gasteiger partial charge on any atom is 0.362 e. The molecule has 4 nitrogen and oxygen atoms in total. The Bertz CT molecular complexity index is 965. The minimum atomic E-state index is -0.561. The fraction of sp³-hybridized carbons (Fsp3) is 0.211. The van der Waals surface area contributed by atoms with Crippen molar-refractivity contribution in [2.24, 2.45) is 4.99 Å². The van der Waals surface area contributed by atoms with E-state index in [4.69, 9.17) is 4.74 Å². The maximum atomic E-state index is 13.0. The van der Waals surface area contributed by atoms with Gasteiger partial charge in [0.15, 0.2) is 5.71 Å². The highest BCUT2D eigenvalue weighted by Crippen LogP contribution is 2.40. The largest absolute Gasteiger partial charge is 0.421 e. The number of cyclic esters (lactones) is 1. The van der Waals surface area contributed by atoms with Crippen LogP contribution in [-0.2, 0) is 22.4 Å². The average Bonchev–Trinajstić information content (AvgIpc) is 3.16. The van der Waals surface area contributed by atoms with Crippen molar-refractivity contribution >= 4 is 33.8 Å². The molecule has 0 spiro atoms. The summed E-state index contributed by atoms with van der Waals surface area (Å²) in [4.78, 5) is 17.7. The Morgan fingerprint density at radius 1 is 1.20 bits per heavy atom. The molecule has 0 amide bonds. The molecule has 124 valence electrons. The van der Waals surface area contributed by atoms with Crippen molar-refractivity contribution in [2.75, 3.05) is 0 Å². The first-order valence-corrected chi connectivity index (χ1v) is 8.80. The second-order valence-electron chi connectivity index (χ2n) is 5.90. The number of carbonyl (C=O) groups excluding carboxylic acids is 1. The molecule has 4 rings (SSSR count). The van der Waals surface area contributed by atoms with Gasteiger partial charge in [0, 0.05) is 16.5 Å². The van der Waals surface area contributed by atoms with Gasteiger partial charge in [-0.3, -0.25) is 0 Å². The van der Waals surface area contributed by atoms with Crippen LogP contribution in [-0.4, -0.2) is 11.7 Å². The molecule has 2 aromatic rings.